The lowest BCUT2D eigenvalue weighted by Gasteiger charge is -2.10. The summed E-state index contributed by atoms with van der Waals surface area (Å²) in [5, 5.41) is 4.60. The largest absolute Gasteiger partial charge is 0.280 e. The maximum Gasteiger partial charge on any atom is 0.271 e. The zero-order valence-electron chi connectivity index (χ0n) is 15.9. The van der Waals surface area contributed by atoms with Crippen LogP contribution in [0.2, 0.25) is 5.02 Å². The van der Waals surface area contributed by atoms with Gasteiger partial charge in [-0.1, -0.05) is 50.4 Å². The van der Waals surface area contributed by atoms with E-state index in [-0.39, 0.29) is 10.5 Å². The van der Waals surface area contributed by atoms with E-state index < -0.39 is 15.9 Å². The molecule has 2 aromatic carbocycles. The molecule has 0 aliphatic heterocycles. The molecule has 0 aromatic heterocycles. The predicted molar refractivity (Wildman–Crippen MR) is 113 cm³/mol. The minimum Gasteiger partial charge on any atom is -0.280 e. The summed E-state index contributed by atoms with van der Waals surface area (Å²) >= 11 is 5.89. The van der Waals surface area contributed by atoms with Crippen molar-refractivity contribution < 1.29 is 13.2 Å². The molecule has 1 amide bonds. The Balaban J connectivity index is 2.18. The van der Waals surface area contributed by atoms with Crippen molar-refractivity contribution in [2.24, 2.45) is 5.10 Å². The lowest BCUT2D eigenvalue weighted by atomic mass is 10.1. The summed E-state index contributed by atoms with van der Waals surface area (Å²) in [5.41, 5.74) is 4.00. The molecule has 0 spiro atoms. The molecular formula is C20H24ClN3O3S. The van der Waals surface area contributed by atoms with E-state index in [2.05, 4.69) is 15.2 Å². The van der Waals surface area contributed by atoms with Crippen LogP contribution in [0.1, 0.15) is 49.9 Å². The highest BCUT2D eigenvalue weighted by Crippen LogP contribution is 2.20. The van der Waals surface area contributed by atoms with Crippen LogP contribution in [0.3, 0.4) is 0 Å². The van der Waals surface area contributed by atoms with Crippen molar-refractivity contribution >= 4 is 38.9 Å². The zero-order valence-corrected chi connectivity index (χ0v) is 17.5. The Kier molecular flexibility index (Phi) is 8.02. The number of anilines is 1. The van der Waals surface area contributed by atoms with Gasteiger partial charge in [0, 0.05) is 16.3 Å². The maximum absolute atomic E-state index is 12.6. The summed E-state index contributed by atoms with van der Waals surface area (Å²) in [6.45, 7) is 4.10. The average Bonchev–Trinajstić information content (AvgIpc) is 2.66. The van der Waals surface area contributed by atoms with E-state index in [1.54, 1.807) is 24.3 Å². The van der Waals surface area contributed by atoms with Crippen LogP contribution in [0, 0.1) is 0 Å². The number of hydrogen-bond acceptors (Lipinski definition) is 4. The predicted octanol–water partition coefficient (Wildman–Crippen LogP) is 4.83. The fraction of sp³-hybridized carbons (Fsp3) is 0.300. The molecule has 0 radical (unpaired) electrons. The number of hydrazone groups is 1. The van der Waals surface area contributed by atoms with Gasteiger partial charge in [-0.15, -0.1) is 0 Å². The normalized spacial score (nSPS) is 11.0. The number of carbonyl (C=O) groups is 1. The van der Waals surface area contributed by atoms with Gasteiger partial charge in [0.1, 0.15) is 0 Å². The first-order valence-electron chi connectivity index (χ1n) is 9.10. The molecule has 2 rings (SSSR count). The Morgan fingerprint density at radius 1 is 1.04 bits per heavy atom. The van der Waals surface area contributed by atoms with E-state index in [9.17, 15) is 13.2 Å². The van der Waals surface area contributed by atoms with Crippen LogP contribution in [-0.2, 0) is 10.0 Å². The highest BCUT2D eigenvalue weighted by atomic mass is 35.5. The van der Waals surface area contributed by atoms with Crippen LogP contribution in [0.5, 0.6) is 0 Å². The molecule has 2 aromatic rings. The van der Waals surface area contributed by atoms with E-state index in [1.807, 2.05) is 13.8 Å². The van der Waals surface area contributed by atoms with Crippen LogP contribution in [0.25, 0.3) is 0 Å². The number of halogens is 1. The van der Waals surface area contributed by atoms with Crippen LogP contribution < -0.4 is 10.1 Å². The van der Waals surface area contributed by atoms with Gasteiger partial charge in [0.2, 0.25) is 0 Å². The van der Waals surface area contributed by atoms with E-state index in [1.165, 1.54) is 24.3 Å². The first-order chi connectivity index (χ1) is 13.4. The van der Waals surface area contributed by atoms with Crippen LogP contribution in [-0.4, -0.2) is 20.0 Å². The molecule has 0 saturated carbocycles. The molecule has 0 fully saturated rings. The fourth-order valence-electron chi connectivity index (χ4n) is 2.58. The van der Waals surface area contributed by atoms with Crippen molar-refractivity contribution in [1.82, 2.24) is 5.43 Å². The number of hydrogen-bond donors (Lipinski definition) is 2. The highest BCUT2D eigenvalue weighted by Gasteiger charge is 2.16. The van der Waals surface area contributed by atoms with Crippen molar-refractivity contribution in [3.05, 3.63) is 59.1 Å². The van der Waals surface area contributed by atoms with Crippen molar-refractivity contribution in [2.75, 3.05) is 4.72 Å². The van der Waals surface area contributed by atoms with Gasteiger partial charge in [-0.2, -0.15) is 5.10 Å². The molecule has 0 bridgehead atoms. The van der Waals surface area contributed by atoms with Crippen molar-refractivity contribution in [3.63, 3.8) is 0 Å². The van der Waals surface area contributed by atoms with Gasteiger partial charge >= 0.3 is 0 Å². The minimum atomic E-state index is -3.86. The average molecular weight is 422 g/mol. The number of nitrogens with zero attached hydrogens (tertiary/aromatic N) is 1. The summed E-state index contributed by atoms with van der Waals surface area (Å²) < 4.78 is 27.7. The molecule has 0 unspecified atom stereocenters. The SMILES string of the molecule is CCCC(CCC)=NNC(=O)c1cccc(S(=O)(=O)Nc2cccc(Cl)c2)c1. The van der Waals surface area contributed by atoms with E-state index in [0.29, 0.717) is 10.7 Å². The second-order valence-corrected chi connectivity index (χ2v) is 8.38. The molecular weight excluding hydrogens is 398 g/mol. The van der Waals surface area contributed by atoms with Crippen LogP contribution >= 0.6 is 11.6 Å². The second kappa shape index (κ2) is 10.2. The minimum absolute atomic E-state index is 0.0218. The van der Waals surface area contributed by atoms with E-state index >= 15 is 0 Å². The molecule has 28 heavy (non-hydrogen) atoms. The first kappa shape index (κ1) is 21.9. The summed E-state index contributed by atoms with van der Waals surface area (Å²) in [4.78, 5) is 12.4. The Labute approximate surface area is 171 Å². The third kappa shape index (κ3) is 6.35. The van der Waals surface area contributed by atoms with Gasteiger partial charge in [0.15, 0.2) is 0 Å². The van der Waals surface area contributed by atoms with Gasteiger partial charge in [0.05, 0.1) is 10.6 Å². The fourth-order valence-corrected chi connectivity index (χ4v) is 3.86. The summed E-state index contributed by atoms with van der Waals surface area (Å²) in [6.07, 6.45) is 3.51. The maximum atomic E-state index is 12.6. The number of nitrogens with one attached hydrogen (secondary N) is 2. The zero-order chi connectivity index (χ0) is 20.6. The molecule has 0 aliphatic rings. The van der Waals surface area contributed by atoms with Crippen molar-refractivity contribution in [3.8, 4) is 0 Å². The lowest BCUT2D eigenvalue weighted by molar-refractivity contribution is 0.0954. The number of rotatable bonds is 9. The van der Waals surface area contributed by atoms with Crippen LogP contribution in [0.15, 0.2) is 58.5 Å². The summed E-state index contributed by atoms with van der Waals surface area (Å²) in [7, 11) is -3.86. The summed E-state index contributed by atoms with van der Waals surface area (Å²) in [6, 6.07) is 12.2. The van der Waals surface area contributed by atoms with Gasteiger partial charge in [-0.25, -0.2) is 13.8 Å². The first-order valence-corrected chi connectivity index (χ1v) is 11.0. The number of benzene rings is 2. The Morgan fingerprint density at radius 2 is 1.71 bits per heavy atom. The number of amides is 1. The van der Waals surface area contributed by atoms with Gasteiger partial charge < -0.3 is 0 Å². The monoisotopic (exact) mass is 421 g/mol. The highest BCUT2D eigenvalue weighted by molar-refractivity contribution is 7.92. The molecule has 8 heteroatoms. The third-order valence-electron chi connectivity index (χ3n) is 3.88. The Hall–Kier alpha value is -2.38. The number of sulfonamides is 1. The molecule has 0 heterocycles. The molecule has 0 atom stereocenters. The lowest BCUT2D eigenvalue weighted by Crippen LogP contribution is -2.20. The smallest absolute Gasteiger partial charge is 0.271 e. The molecule has 6 nitrogen and oxygen atoms in total. The van der Waals surface area contributed by atoms with Crippen LogP contribution in [0.4, 0.5) is 5.69 Å². The quantitative estimate of drug-likeness (QED) is 0.449. The van der Waals surface area contributed by atoms with Gasteiger partial charge in [-0.05, 0) is 49.2 Å². The van der Waals surface area contributed by atoms with Crippen molar-refractivity contribution in [1.29, 1.82) is 0 Å². The molecule has 0 aliphatic carbocycles. The van der Waals surface area contributed by atoms with Gasteiger partial charge in [0.25, 0.3) is 15.9 Å². The van der Waals surface area contributed by atoms with E-state index in [4.69, 9.17) is 11.6 Å². The van der Waals surface area contributed by atoms with E-state index in [0.717, 1.165) is 31.4 Å². The third-order valence-corrected chi connectivity index (χ3v) is 5.49. The number of carbonyl (C=O) groups excluding carboxylic acids is 1. The Morgan fingerprint density at radius 3 is 2.36 bits per heavy atom. The topological polar surface area (TPSA) is 87.6 Å². The second-order valence-electron chi connectivity index (χ2n) is 6.26. The Bertz CT molecular complexity index is 951. The molecule has 150 valence electrons. The van der Waals surface area contributed by atoms with Crippen molar-refractivity contribution in [2.45, 2.75) is 44.4 Å². The standard InChI is InChI=1S/C20H24ClN3O3S/c1-3-7-17(8-4-2)22-23-20(25)15-9-5-12-19(13-15)28(26,27)24-18-11-6-10-16(21)14-18/h5-6,9-14,24H,3-4,7-8H2,1-2H3,(H,23,25). The molecule has 0 saturated heterocycles. The molecule has 2 N–H and O–H groups in total. The van der Waals surface area contributed by atoms with Gasteiger partial charge in [-0.3, -0.25) is 9.52 Å². The summed E-state index contributed by atoms with van der Waals surface area (Å²) in [5.74, 6) is -0.454.